The van der Waals surface area contributed by atoms with Crippen LogP contribution in [0.2, 0.25) is 0 Å². The lowest BCUT2D eigenvalue weighted by Gasteiger charge is -2.08. The maximum absolute atomic E-state index is 5.74. The van der Waals surface area contributed by atoms with Crippen LogP contribution >= 0.6 is 15.9 Å². The van der Waals surface area contributed by atoms with Crippen LogP contribution < -0.4 is 10.5 Å². The minimum Gasteiger partial charge on any atom is -0.489 e. The summed E-state index contributed by atoms with van der Waals surface area (Å²) in [7, 11) is 0. The number of benzene rings is 1. The number of rotatable bonds is 3. The lowest BCUT2D eigenvalue weighted by Crippen LogP contribution is -1.96. The average Bonchev–Trinajstić information content (AvgIpc) is 3.02. The first-order chi connectivity index (χ1) is 8.24. The molecule has 1 saturated carbocycles. The van der Waals surface area contributed by atoms with Gasteiger partial charge < -0.3 is 15.0 Å². The van der Waals surface area contributed by atoms with E-state index in [-0.39, 0.29) is 0 Å². The molecule has 1 heterocycles. The quantitative estimate of drug-likeness (QED) is 0.944. The van der Waals surface area contributed by atoms with E-state index in [1.807, 2.05) is 18.2 Å². The number of nitrogens with two attached hydrogens (primary N) is 1. The first-order valence-corrected chi connectivity index (χ1v) is 6.20. The molecule has 2 aromatic rings. The molecule has 17 heavy (non-hydrogen) atoms. The fraction of sp³-hybridized carbons (Fsp3) is 0.250. The van der Waals surface area contributed by atoms with E-state index >= 15 is 0 Å². The number of nitrogen functional groups attached to an aromatic ring is 1. The zero-order valence-electron chi connectivity index (χ0n) is 9.02. The molecule has 0 spiro atoms. The summed E-state index contributed by atoms with van der Waals surface area (Å²) in [6.45, 7) is 0. The monoisotopic (exact) mass is 294 g/mol. The van der Waals surface area contributed by atoms with Gasteiger partial charge in [0.2, 0.25) is 5.88 Å². The van der Waals surface area contributed by atoms with Crippen molar-refractivity contribution in [2.45, 2.75) is 18.9 Å². The van der Waals surface area contributed by atoms with Gasteiger partial charge in [-0.15, -0.1) is 0 Å². The van der Waals surface area contributed by atoms with E-state index in [1.54, 1.807) is 6.20 Å². The predicted molar refractivity (Wildman–Crippen MR) is 67.7 cm³/mol. The van der Waals surface area contributed by atoms with Crippen molar-refractivity contribution >= 4 is 21.8 Å². The van der Waals surface area contributed by atoms with E-state index in [0.717, 1.165) is 34.2 Å². The number of halogens is 1. The van der Waals surface area contributed by atoms with Crippen molar-refractivity contribution in [2.24, 2.45) is 0 Å². The Balaban J connectivity index is 1.92. The summed E-state index contributed by atoms with van der Waals surface area (Å²) >= 11 is 3.50. The summed E-state index contributed by atoms with van der Waals surface area (Å²) in [5, 5.41) is 3.66. The van der Waals surface area contributed by atoms with Crippen LogP contribution in [0, 0.1) is 0 Å². The average molecular weight is 295 g/mol. The van der Waals surface area contributed by atoms with Crippen molar-refractivity contribution in [1.82, 2.24) is 5.16 Å². The lowest BCUT2D eigenvalue weighted by molar-refractivity contribution is 0.301. The second-order valence-corrected chi connectivity index (χ2v) is 4.92. The normalized spacial score (nSPS) is 14.9. The largest absolute Gasteiger partial charge is 0.489 e. The summed E-state index contributed by atoms with van der Waals surface area (Å²) in [6.07, 6.45) is 4.29. The zero-order valence-corrected chi connectivity index (χ0v) is 10.6. The van der Waals surface area contributed by atoms with E-state index in [9.17, 15) is 0 Å². The number of hydrogen-bond donors (Lipinski definition) is 1. The van der Waals surface area contributed by atoms with Crippen molar-refractivity contribution in [3.05, 3.63) is 28.9 Å². The molecule has 5 heteroatoms. The van der Waals surface area contributed by atoms with Gasteiger partial charge in [-0.05, 0) is 46.5 Å². The van der Waals surface area contributed by atoms with Crippen LogP contribution in [0.1, 0.15) is 12.8 Å². The van der Waals surface area contributed by atoms with E-state index in [2.05, 4.69) is 21.1 Å². The molecule has 1 aliphatic carbocycles. The van der Waals surface area contributed by atoms with E-state index < -0.39 is 0 Å². The molecule has 0 aliphatic heterocycles. The van der Waals surface area contributed by atoms with Crippen LogP contribution in [-0.4, -0.2) is 11.3 Å². The maximum Gasteiger partial charge on any atom is 0.229 e. The molecule has 0 atom stereocenters. The summed E-state index contributed by atoms with van der Waals surface area (Å²) < 4.78 is 11.5. The number of aromatic nitrogens is 1. The van der Waals surface area contributed by atoms with Gasteiger partial charge in [-0.25, -0.2) is 0 Å². The molecule has 0 bridgehead atoms. The molecule has 88 valence electrons. The highest BCUT2D eigenvalue weighted by molar-refractivity contribution is 9.10. The Hall–Kier alpha value is -1.49. The maximum atomic E-state index is 5.74. The molecule has 0 amide bonds. The fourth-order valence-electron chi connectivity index (χ4n) is 1.59. The van der Waals surface area contributed by atoms with Crippen molar-refractivity contribution in [1.29, 1.82) is 0 Å². The van der Waals surface area contributed by atoms with Crippen LogP contribution in [0.25, 0.3) is 11.1 Å². The van der Waals surface area contributed by atoms with Gasteiger partial charge in [-0.3, -0.25) is 0 Å². The summed E-state index contributed by atoms with van der Waals surface area (Å²) in [4.78, 5) is 0. The van der Waals surface area contributed by atoms with E-state index in [1.165, 1.54) is 0 Å². The van der Waals surface area contributed by atoms with Crippen LogP contribution in [-0.2, 0) is 0 Å². The van der Waals surface area contributed by atoms with E-state index in [4.69, 9.17) is 15.0 Å². The lowest BCUT2D eigenvalue weighted by atomic mass is 10.1. The predicted octanol–water partition coefficient (Wildman–Crippen LogP) is 3.23. The number of hydrogen-bond acceptors (Lipinski definition) is 4. The Morgan fingerprint density at radius 2 is 2.24 bits per heavy atom. The van der Waals surface area contributed by atoms with Crippen molar-refractivity contribution < 1.29 is 9.26 Å². The standard InChI is InChI=1S/C12H11BrN2O2/c13-10-5-7(9-6-15-17-12(9)14)1-4-11(10)16-8-2-3-8/h1,4-6,8H,2-3,14H2. The van der Waals surface area contributed by atoms with Gasteiger partial charge in [0.1, 0.15) is 5.75 Å². The molecule has 0 saturated heterocycles. The highest BCUT2D eigenvalue weighted by Gasteiger charge is 2.24. The summed E-state index contributed by atoms with van der Waals surface area (Å²) in [5.74, 6) is 1.19. The highest BCUT2D eigenvalue weighted by Crippen LogP contribution is 2.36. The molecule has 1 aromatic heterocycles. The Morgan fingerprint density at radius 1 is 1.41 bits per heavy atom. The molecule has 1 aromatic carbocycles. The van der Waals surface area contributed by atoms with Gasteiger partial charge in [0.15, 0.2) is 0 Å². The smallest absolute Gasteiger partial charge is 0.229 e. The van der Waals surface area contributed by atoms with Crippen LogP contribution in [0.4, 0.5) is 5.88 Å². The third kappa shape index (κ3) is 2.15. The third-order valence-electron chi connectivity index (χ3n) is 2.66. The van der Waals surface area contributed by atoms with Crippen molar-refractivity contribution in [3.8, 4) is 16.9 Å². The van der Waals surface area contributed by atoms with Gasteiger partial charge in [-0.1, -0.05) is 11.2 Å². The van der Waals surface area contributed by atoms with Crippen LogP contribution in [0.5, 0.6) is 5.75 Å². The molecule has 1 aliphatic rings. The van der Waals surface area contributed by atoms with Gasteiger partial charge >= 0.3 is 0 Å². The topological polar surface area (TPSA) is 61.3 Å². The van der Waals surface area contributed by atoms with Crippen molar-refractivity contribution in [2.75, 3.05) is 5.73 Å². The molecule has 2 N–H and O–H groups in total. The number of anilines is 1. The Labute approximate surface area is 107 Å². The van der Waals surface area contributed by atoms with Gasteiger partial charge in [-0.2, -0.15) is 0 Å². The van der Waals surface area contributed by atoms with E-state index in [0.29, 0.717) is 12.0 Å². The molecule has 0 radical (unpaired) electrons. The van der Waals surface area contributed by atoms with Crippen molar-refractivity contribution in [3.63, 3.8) is 0 Å². The molecular formula is C12H11BrN2O2. The first-order valence-electron chi connectivity index (χ1n) is 5.41. The van der Waals surface area contributed by atoms with Gasteiger partial charge in [0.05, 0.1) is 22.3 Å². The highest BCUT2D eigenvalue weighted by atomic mass is 79.9. The Kier molecular flexibility index (Phi) is 2.55. The fourth-order valence-corrected chi connectivity index (χ4v) is 2.07. The Morgan fingerprint density at radius 3 is 2.82 bits per heavy atom. The number of nitrogens with zero attached hydrogens (tertiary/aromatic N) is 1. The molecule has 4 nitrogen and oxygen atoms in total. The SMILES string of the molecule is Nc1oncc1-c1ccc(OC2CC2)c(Br)c1. The minimum atomic E-state index is 0.327. The summed E-state index contributed by atoms with van der Waals surface area (Å²) in [5.41, 5.74) is 7.43. The van der Waals surface area contributed by atoms with Gasteiger partial charge in [0, 0.05) is 0 Å². The molecule has 3 rings (SSSR count). The zero-order chi connectivity index (χ0) is 11.8. The van der Waals surface area contributed by atoms with Crippen LogP contribution in [0.3, 0.4) is 0 Å². The second-order valence-electron chi connectivity index (χ2n) is 4.07. The molecule has 0 unspecified atom stereocenters. The second kappa shape index (κ2) is 4.07. The first kappa shape index (κ1) is 10.7. The molecular weight excluding hydrogens is 284 g/mol. The summed E-state index contributed by atoms with van der Waals surface area (Å²) in [6, 6.07) is 5.84. The third-order valence-corrected chi connectivity index (χ3v) is 3.28. The molecule has 1 fully saturated rings. The Bertz CT molecular complexity index is 549. The van der Waals surface area contributed by atoms with Crippen LogP contribution in [0.15, 0.2) is 33.4 Å². The number of ether oxygens (including phenoxy) is 1. The van der Waals surface area contributed by atoms with Gasteiger partial charge in [0.25, 0.3) is 0 Å². The minimum absolute atomic E-state index is 0.327.